The molecule has 0 saturated heterocycles. The molecule has 0 saturated carbocycles. The average molecular weight is 242 g/mol. The first-order valence-corrected chi connectivity index (χ1v) is 6.70. The van der Waals surface area contributed by atoms with E-state index in [0.29, 0.717) is 0 Å². The largest absolute Gasteiger partial charge is 0.0895 e. The van der Waals surface area contributed by atoms with Crippen LogP contribution in [0.5, 0.6) is 0 Å². The van der Waals surface area contributed by atoms with E-state index in [1.54, 1.807) is 0 Å². The van der Waals surface area contributed by atoms with Crippen LogP contribution < -0.4 is 0 Å². The lowest BCUT2D eigenvalue weighted by Gasteiger charge is -2.09. The highest BCUT2D eigenvalue weighted by atomic mass is 32.2. The second kappa shape index (κ2) is 4.97. The van der Waals surface area contributed by atoms with Crippen molar-refractivity contribution in [2.24, 2.45) is 0 Å². The van der Waals surface area contributed by atoms with E-state index in [0.717, 1.165) is 0 Å². The molecule has 1 heteroatoms. The molecule has 0 heterocycles. The summed E-state index contributed by atoms with van der Waals surface area (Å²) in [6.45, 7) is 8.63. The maximum absolute atomic E-state index is 2.24. The lowest BCUT2D eigenvalue weighted by atomic mass is 10.2. The predicted octanol–water partition coefficient (Wildman–Crippen LogP) is 5.07. The lowest BCUT2D eigenvalue weighted by Crippen LogP contribution is -1.85. The molecule has 0 atom stereocenters. The van der Waals surface area contributed by atoms with Crippen molar-refractivity contribution in [2.45, 2.75) is 37.5 Å². The van der Waals surface area contributed by atoms with Gasteiger partial charge in [-0.2, -0.15) is 0 Å². The van der Waals surface area contributed by atoms with Crippen LogP contribution in [-0.2, 0) is 0 Å². The Hall–Kier alpha value is -1.21. The quantitative estimate of drug-likeness (QED) is 0.708. The first-order chi connectivity index (χ1) is 8.06. The summed E-state index contributed by atoms with van der Waals surface area (Å²) in [5.74, 6) is 0. The van der Waals surface area contributed by atoms with Crippen LogP contribution in [0.2, 0.25) is 0 Å². The summed E-state index contributed by atoms with van der Waals surface area (Å²) in [6, 6.07) is 13.3. The maximum atomic E-state index is 2.24. The molecule has 2 aromatic carbocycles. The lowest BCUT2D eigenvalue weighted by molar-refractivity contribution is 1.23. The van der Waals surface area contributed by atoms with Crippen molar-refractivity contribution in [3.8, 4) is 0 Å². The highest BCUT2D eigenvalue weighted by Crippen LogP contribution is 2.33. The van der Waals surface area contributed by atoms with Crippen LogP contribution in [0.3, 0.4) is 0 Å². The molecule has 0 aliphatic rings. The Bertz CT molecular complexity index is 492. The summed E-state index contributed by atoms with van der Waals surface area (Å²) >= 11 is 1.86. The van der Waals surface area contributed by atoms with Gasteiger partial charge in [0.2, 0.25) is 0 Å². The number of aryl methyl sites for hydroxylation is 4. The molecule has 0 aliphatic carbocycles. The van der Waals surface area contributed by atoms with Crippen LogP contribution in [0.15, 0.2) is 46.2 Å². The molecule has 88 valence electrons. The van der Waals surface area contributed by atoms with Gasteiger partial charge in [-0.05, 0) is 51.0 Å². The van der Waals surface area contributed by atoms with Gasteiger partial charge in [0, 0.05) is 9.79 Å². The first kappa shape index (κ1) is 12.3. The van der Waals surface area contributed by atoms with Crippen LogP contribution in [0.1, 0.15) is 22.3 Å². The summed E-state index contributed by atoms with van der Waals surface area (Å²) in [7, 11) is 0. The summed E-state index contributed by atoms with van der Waals surface area (Å²) in [6.07, 6.45) is 0. The third-order valence-corrected chi connectivity index (χ3v) is 4.24. The van der Waals surface area contributed by atoms with Gasteiger partial charge in [0.1, 0.15) is 0 Å². The van der Waals surface area contributed by atoms with Gasteiger partial charge in [-0.25, -0.2) is 0 Å². The normalized spacial score (nSPS) is 10.6. The van der Waals surface area contributed by atoms with E-state index in [9.17, 15) is 0 Å². The van der Waals surface area contributed by atoms with Crippen molar-refractivity contribution in [1.29, 1.82) is 0 Å². The van der Waals surface area contributed by atoms with Crippen molar-refractivity contribution in [1.82, 2.24) is 0 Å². The fourth-order valence-electron chi connectivity index (χ4n) is 1.95. The van der Waals surface area contributed by atoms with Crippen LogP contribution in [-0.4, -0.2) is 0 Å². The molecule has 2 rings (SSSR count). The van der Waals surface area contributed by atoms with Crippen LogP contribution in [0, 0.1) is 27.7 Å². The predicted molar refractivity (Wildman–Crippen MR) is 76.0 cm³/mol. The summed E-state index contributed by atoms with van der Waals surface area (Å²) in [5, 5.41) is 0. The van der Waals surface area contributed by atoms with Gasteiger partial charge in [-0.3, -0.25) is 0 Å². The van der Waals surface area contributed by atoms with Crippen molar-refractivity contribution in [3.63, 3.8) is 0 Å². The highest BCUT2D eigenvalue weighted by Gasteiger charge is 2.04. The van der Waals surface area contributed by atoms with Crippen LogP contribution in [0.4, 0.5) is 0 Å². The van der Waals surface area contributed by atoms with Gasteiger partial charge in [0.25, 0.3) is 0 Å². The zero-order chi connectivity index (χ0) is 12.4. The van der Waals surface area contributed by atoms with E-state index in [4.69, 9.17) is 0 Å². The molecular formula is C16H18S. The third kappa shape index (κ3) is 2.92. The molecule has 0 spiro atoms. The molecule has 0 fully saturated rings. The van der Waals surface area contributed by atoms with Crippen LogP contribution in [0.25, 0.3) is 0 Å². The number of rotatable bonds is 2. The van der Waals surface area contributed by atoms with E-state index in [-0.39, 0.29) is 0 Å². The molecule has 0 radical (unpaired) electrons. The Morgan fingerprint density at radius 2 is 1.06 bits per heavy atom. The zero-order valence-electron chi connectivity index (χ0n) is 10.9. The average Bonchev–Trinajstić information content (AvgIpc) is 2.25. The van der Waals surface area contributed by atoms with E-state index in [1.165, 1.54) is 32.0 Å². The molecule has 0 aromatic heterocycles. The Morgan fingerprint density at radius 1 is 0.647 bits per heavy atom. The van der Waals surface area contributed by atoms with E-state index < -0.39 is 0 Å². The van der Waals surface area contributed by atoms with Crippen molar-refractivity contribution < 1.29 is 0 Å². The zero-order valence-corrected chi connectivity index (χ0v) is 11.7. The Balaban J connectivity index is 2.31. The van der Waals surface area contributed by atoms with Crippen LogP contribution >= 0.6 is 11.8 Å². The monoisotopic (exact) mass is 242 g/mol. The minimum absolute atomic E-state index is 1.33. The second-order valence-electron chi connectivity index (χ2n) is 4.64. The van der Waals surface area contributed by atoms with Gasteiger partial charge < -0.3 is 0 Å². The van der Waals surface area contributed by atoms with E-state index >= 15 is 0 Å². The summed E-state index contributed by atoms with van der Waals surface area (Å²) < 4.78 is 0. The molecule has 0 nitrogen and oxygen atoms in total. The molecular weight excluding hydrogens is 224 g/mol. The number of hydrogen-bond donors (Lipinski definition) is 0. The minimum atomic E-state index is 1.33. The Kier molecular flexibility index (Phi) is 3.58. The molecule has 0 aliphatic heterocycles. The summed E-state index contributed by atoms with van der Waals surface area (Å²) in [5.41, 5.74) is 5.37. The molecule has 0 unspecified atom stereocenters. The van der Waals surface area contributed by atoms with Crippen molar-refractivity contribution in [3.05, 3.63) is 58.7 Å². The molecule has 0 bridgehead atoms. The molecule has 0 N–H and O–H groups in total. The number of benzene rings is 2. The fourth-order valence-corrected chi connectivity index (χ4v) is 2.90. The molecule has 0 amide bonds. The minimum Gasteiger partial charge on any atom is -0.0895 e. The van der Waals surface area contributed by atoms with Gasteiger partial charge in [0.05, 0.1) is 0 Å². The van der Waals surface area contributed by atoms with Gasteiger partial charge in [0.15, 0.2) is 0 Å². The highest BCUT2D eigenvalue weighted by molar-refractivity contribution is 7.99. The SMILES string of the molecule is Cc1ccc(Sc2ccc(C)cc2C)c(C)c1. The van der Waals surface area contributed by atoms with Gasteiger partial charge >= 0.3 is 0 Å². The standard InChI is InChI=1S/C16H18S/c1-11-5-7-15(13(3)9-11)17-16-8-6-12(2)10-14(16)4/h5-10H,1-4H3. The van der Waals surface area contributed by atoms with Gasteiger partial charge in [-0.1, -0.05) is 47.2 Å². The Morgan fingerprint density at radius 3 is 1.41 bits per heavy atom. The third-order valence-electron chi connectivity index (χ3n) is 2.88. The topological polar surface area (TPSA) is 0 Å². The number of hydrogen-bond acceptors (Lipinski definition) is 1. The molecule has 17 heavy (non-hydrogen) atoms. The second-order valence-corrected chi connectivity index (χ2v) is 5.72. The molecule has 2 aromatic rings. The summed E-state index contributed by atoms with van der Waals surface area (Å²) in [4.78, 5) is 2.70. The van der Waals surface area contributed by atoms with Gasteiger partial charge in [-0.15, -0.1) is 0 Å². The van der Waals surface area contributed by atoms with Crippen molar-refractivity contribution >= 4 is 11.8 Å². The van der Waals surface area contributed by atoms with Crippen molar-refractivity contribution in [2.75, 3.05) is 0 Å². The maximum Gasteiger partial charge on any atom is 0.0151 e. The van der Waals surface area contributed by atoms with E-state index in [2.05, 4.69) is 64.1 Å². The van der Waals surface area contributed by atoms with E-state index in [1.807, 2.05) is 11.8 Å². The fraction of sp³-hybridized carbons (Fsp3) is 0.250. The smallest absolute Gasteiger partial charge is 0.0151 e. The Labute approximate surface area is 108 Å². The first-order valence-electron chi connectivity index (χ1n) is 5.88.